The molecule has 148 valence electrons. The van der Waals surface area contributed by atoms with Crippen LogP contribution in [0.3, 0.4) is 0 Å². The van der Waals surface area contributed by atoms with Gasteiger partial charge in [0.1, 0.15) is 5.69 Å². The number of nitrogens with one attached hydrogen (secondary N) is 4. The molecule has 28 heavy (non-hydrogen) atoms. The molecule has 0 aliphatic carbocycles. The van der Waals surface area contributed by atoms with E-state index in [1.165, 1.54) is 23.8 Å². The van der Waals surface area contributed by atoms with Crippen molar-refractivity contribution in [3.05, 3.63) is 63.7 Å². The first-order valence-electron chi connectivity index (χ1n) is 8.81. The van der Waals surface area contributed by atoms with Gasteiger partial charge in [0.15, 0.2) is 5.11 Å². The van der Waals surface area contributed by atoms with Crippen LogP contribution in [0.5, 0.6) is 0 Å². The molecule has 4 N–H and O–H groups in total. The lowest BCUT2D eigenvalue weighted by Crippen LogP contribution is -2.43. The van der Waals surface area contributed by atoms with Gasteiger partial charge in [0.25, 0.3) is 11.6 Å². The zero-order valence-corrected chi connectivity index (χ0v) is 16.7. The van der Waals surface area contributed by atoms with Crippen LogP contribution >= 0.6 is 12.2 Å². The molecule has 2 aromatic carbocycles. The molecule has 0 aliphatic rings. The van der Waals surface area contributed by atoms with E-state index in [2.05, 4.69) is 35.3 Å². The predicted octanol–water partition coefficient (Wildman–Crippen LogP) is 3.78. The van der Waals surface area contributed by atoms with E-state index < -0.39 is 10.8 Å². The molecule has 0 unspecified atom stereocenters. The molecule has 0 bridgehead atoms. The third-order valence-corrected chi connectivity index (χ3v) is 4.15. The highest BCUT2D eigenvalue weighted by molar-refractivity contribution is 7.80. The Hall–Kier alpha value is -3.20. The van der Waals surface area contributed by atoms with Crippen molar-refractivity contribution in [3.63, 3.8) is 0 Å². The fourth-order valence-electron chi connectivity index (χ4n) is 2.46. The van der Waals surface area contributed by atoms with Gasteiger partial charge in [-0.25, -0.2) is 0 Å². The molecule has 0 aromatic heterocycles. The molecule has 0 spiro atoms. The third kappa shape index (κ3) is 5.65. The van der Waals surface area contributed by atoms with Gasteiger partial charge in [-0.15, -0.1) is 0 Å². The van der Waals surface area contributed by atoms with Crippen LogP contribution in [0.25, 0.3) is 0 Å². The molecular weight excluding hydrogens is 378 g/mol. The van der Waals surface area contributed by atoms with Crippen molar-refractivity contribution in [2.75, 3.05) is 17.2 Å². The molecule has 0 saturated heterocycles. The molecule has 2 aromatic rings. The summed E-state index contributed by atoms with van der Waals surface area (Å²) in [5.74, 6) is -0.105. The summed E-state index contributed by atoms with van der Waals surface area (Å²) in [7, 11) is 0. The Morgan fingerprint density at radius 2 is 1.82 bits per heavy atom. The Morgan fingerprint density at radius 1 is 1.14 bits per heavy atom. The van der Waals surface area contributed by atoms with Gasteiger partial charge in [-0.3, -0.25) is 25.8 Å². The quantitative estimate of drug-likeness (QED) is 0.331. The second-order valence-corrected chi connectivity index (χ2v) is 6.74. The first-order valence-corrected chi connectivity index (χ1v) is 9.22. The Labute approximate surface area is 168 Å². The zero-order chi connectivity index (χ0) is 20.7. The first-order chi connectivity index (χ1) is 13.3. The average molecular weight is 401 g/mol. The lowest BCUT2D eigenvalue weighted by Gasteiger charge is -2.13. The van der Waals surface area contributed by atoms with Crippen molar-refractivity contribution < 1.29 is 9.72 Å². The molecule has 0 aliphatic heterocycles. The van der Waals surface area contributed by atoms with Crippen LogP contribution in [-0.4, -0.2) is 22.5 Å². The minimum atomic E-state index is -0.537. The number of hydrogen-bond acceptors (Lipinski definition) is 5. The Kier molecular flexibility index (Phi) is 7.28. The molecule has 8 nitrogen and oxygen atoms in total. The maximum atomic E-state index is 12.3. The lowest BCUT2D eigenvalue weighted by atomic mass is 10.0. The maximum Gasteiger partial charge on any atom is 0.293 e. The molecule has 0 heterocycles. The average Bonchev–Trinajstić information content (AvgIpc) is 2.67. The van der Waals surface area contributed by atoms with E-state index in [0.29, 0.717) is 18.2 Å². The highest BCUT2D eigenvalue weighted by Crippen LogP contribution is 2.25. The second-order valence-electron chi connectivity index (χ2n) is 6.33. The summed E-state index contributed by atoms with van der Waals surface area (Å²) in [6.45, 7) is 6.59. The monoisotopic (exact) mass is 401 g/mol. The molecule has 2 rings (SSSR count). The normalized spacial score (nSPS) is 10.3. The van der Waals surface area contributed by atoms with Gasteiger partial charge in [0.2, 0.25) is 0 Å². The van der Waals surface area contributed by atoms with Crippen LogP contribution in [0, 0.1) is 10.1 Å². The fourth-order valence-corrected chi connectivity index (χ4v) is 2.63. The van der Waals surface area contributed by atoms with Crippen molar-refractivity contribution in [2.24, 2.45) is 0 Å². The summed E-state index contributed by atoms with van der Waals surface area (Å²) < 4.78 is 0. The highest BCUT2D eigenvalue weighted by atomic mass is 32.1. The van der Waals surface area contributed by atoms with Gasteiger partial charge in [0.05, 0.1) is 4.92 Å². The van der Waals surface area contributed by atoms with Gasteiger partial charge < -0.3 is 10.6 Å². The van der Waals surface area contributed by atoms with Gasteiger partial charge in [-0.1, -0.05) is 26.0 Å². The number of thiocarbonyl (C=S) groups is 1. The van der Waals surface area contributed by atoms with Gasteiger partial charge in [-0.05, 0) is 54.9 Å². The summed E-state index contributed by atoms with van der Waals surface area (Å²) >= 11 is 5.16. The van der Waals surface area contributed by atoms with Crippen LogP contribution in [0.15, 0.2) is 42.5 Å². The predicted molar refractivity (Wildman–Crippen MR) is 115 cm³/mol. The molecule has 0 saturated carbocycles. The third-order valence-electron chi connectivity index (χ3n) is 3.95. The second kappa shape index (κ2) is 9.65. The van der Waals surface area contributed by atoms with E-state index in [4.69, 9.17) is 12.2 Å². The van der Waals surface area contributed by atoms with E-state index in [1.54, 1.807) is 0 Å². The minimum absolute atomic E-state index is 0.143. The standard InChI is InChI=1S/C19H23N5O3S/c1-4-20-16-10-7-14(11-17(16)24(26)27)18(25)22-23-19(28)21-15-8-5-13(6-9-15)12(2)3/h5-12,20H,4H2,1-3H3,(H,22,25)(H2,21,23,28). The van der Waals surface area contributed by atoms with Crippen LogP contribution in [0.1, 0.15) is 42.6 Å². The Morgan fingerprint density at radius 3 is 2.39 bits per heavy atom. The van der Waals surface area contributed by atoms with E-state index >= 15 is 0 Å². The van der Waals surface area contributed by atoms with Gasteiger partial charge >= 0.3 is 0 Å². The van der Waals surface area contributed by atoms with E-state index in [0.717, 1.165) is 5.69 Å². The van der Waals surface area contributed by atoms with Crippen LogP contribution in [0.2, 0.25) is 0 Å². The maximum absolute atomic E-state index is 12.3. The van der Waals surface area contributed by atoms with Crippen molar-refractivity contribution in [2.45, 2.75) is 26.7 Å². The topological polar surface area (TPSA) is 108 Å². The number of carbonyl (C=O) groups excluding carboxylic acids is 1. The van der Waals surface area contributed by atoms with Gasteiger partial charge in [-0.2, -0.15) is 0 Å². The molecular formula is C19H23N5O3S. The van der Waals surface area contributed by atoms with Crippen LogP contribution < -0.4 is 21.5 Å². The number of hydrogen-bond donors (Lipinski definition) is 4. The number of amides is 1. The molecule has 0 fully saturated rings. The van der Waals surface area contributed by atoms with Gasteiger partial charge in [0, 0.05) is 23.9 Å². The fraction of sp³-hybridized carbons (Fsp3) is 0.263. The van der Waals surface area contributed by atoms with E-state index in [9.17, 15) is 14.9 Å². The number of nitro benzene ring substituents is 1. The molecule has 1 amide bonds. The highest BCUT2D eigenvalue weighted by Gasteiger charge is 2.17. The smallest absolute Gasteiger partial charge is 0.293 e. The SMILES string of the molecule is CCNc1ccc(C(=O)NNC(=S)Nc2ccc(C(C)C)cc2)cc1[N+](=O)[O-]. The van der Waals surface area contributed by atoms with Crippen molar-refractivity contribution in [1.29, 1.82) is 0 Å². The summed E-state index contributed by atoms with van der Waals surface area (Å²) in [5, 5.41) is 17.2. The number of nitrogens with zero attached hydrogens (tertiary/aromatic N) is 1. The summed E-state index contributed by atoms with van der Waals surface area (Å²) in [6, 6.07) is 12.0. The lowest BCUT2D eigenvalue weighted by molar-refractivity contribution is -0.384. The van der Waals surface area contributed by atoms with Crippen molar-refractivity contribution >= 4 is 40.3 Å². The zero-order valence-electron chi connectivity index (χ0n) is 15.9. The van der Waals surface area contributed by atoms with E-state index in [1.807, 2.05) is 31.2 Å². The summed E-state index contributed by atoms with van der Waals surface area (Å²) in [4.78, 5) is 22.9. The molecule has 0 radical (unpaired) electrons. The number of nitro groups is 1. The largest absolute Gasteiger partial charge is 0.380 e. The van der Waals surface area contributed by atoms with Crippen LogP contribution in [-0.2, 0) is 0 Å². The number of carbonyl (C=O) groups is 1. The minimum Gasteiger partial charge on any atom is -0.380 e. The summed E-state index contributed by atoms with van der Waals surface area (Å²) in [6.07, 6.45) is 0. The number of anilines is 2. The van der Waals surface area contributed by atoms with Crippen molar-refractivity contribution in [3.8, 4) is 0 Å². The Bertz CT molecular complexity index is 868. The molecule has 9 heteroatoms. The number of rotatable bonds is 6. The summed E-state index contributed by atoms with van der Waals surface area (Å²) in [5.41, 5.74) is 7.35. The van der Waals surface area contributed by atoms with E-state index in [-0.39, 0.29) is 16.4 Å². The first kappa shape index (κ1) is 21.1. The molecule has 0 atom stereocenters. The van der Waals surface area contributed by atoms with Crippen molar-refractivity contribution in [1.82, 2.24) is 10.9 Å². The van der Waals surface area contributed by atoms with Crippen LogP contribution in [0.4, 0.5) is 17.1 Å². The number of hydrazine groups is 1. The Balaban J connectivity index is 1.96. The number of benzene rings is 2.